The lowest BCUT2D eigenvalue weighted by molar-refractivity contribution is 0.321. The van der Waals surface area contributed by atoms with Crippen LogP contribution in [0.15, 0.2) is 0 Å². The molecule has 0 aromatic rings. The normalized spacial score (nSPS) is 13.5. The van der Waals surface area contributed by atoms with Gasteiger partial charge in [-0.2, -0.15) is 0 Å². The van der Waals surface area contributed by atoms with E-state index in [-0.39, 0.29) is 0 Å². The van der Waals surface area contributed by atoms with Crippen molar-refractivity contribution < 1.29 is 0 Å². The highest BCUT2D eigenvalue weighted by atomic mass is 32.4. The Kier molecular flexibility index (Phi) is 4.16. The van der Waals surface area contributed by atoms with Crippen LogP contribution in [0, 0.1) is 0 Å². The van der Waals surface area contributed by atoms with Gasteiger partial charge in [0.15, 0.2) is 0 Å². The standard InChI is InChI=1S/C6H18N3PS/c1-5(2)9(6(3)4)10(7,8)11/h5-6H,1-4H3,(H4,7,8,11). The maximum absolute atomic E-state index is 5.71. The molecule has 0 atom stereocenters. The second kappa shape index (κ2) is 3.97. The van der Waals surface area contributed by atoms with Crippen LogP contribution in [0.3, 0.4) is 0 Å². The zero-order valence-electron chi connectivity index (χ0n) is 7.61. The molecule has 0 radical (unpaired) electrons. The monoisotopic (exact) mass is 195 g/mol. The van der Waals surface area contributed by atoms with Crippen LogP contribution in [0.1, 0.15) is 27.7 Å². The van der Waals surface area contributed by atoms with Gasteiger partial charge in [-0.15, -0.1) is 0 Å². The summed E-state index contributed by atoms with van der Waals surface area (Å²) in [4.78, 5) is 0. The molecule has 0 unspecified atom stereocenters. The van der Waals surface area contributed by atoms with E-state index in [1.165, 1.54) is 0 Å². The molecule has 0 spiro atoms. The smallest absolute Gasteiger partial charge is 0.135 e. The van der Waals surface area contributed by atoms with Gasteiger partial charge in [0.05, 0.1) is 0 Å². The zero-order valence-corrected chi connectivity index (χ0v) is 9.32. The summed E-state index contributed by atoms with van der Waals surface area (Å²) in [5, 5.41) is 0. The second-order valence-corrected chi connectivity index (χ2v) is 6.80. The highest BCUT2D eigenvalue weighted by Gasteiger charge is 2.22. The van der Waals surface area contributed by atoms with Crippen molar-refractivity contribution >= 4 is 18.3 Å². The van der Waals surface area contributed by atoms with Crippen molar-refractivity contribution in [1.82, 2.24) is 4.67 Å². The van der Waals surface area contributed by atoms with E-state index in [0.29, 0.717) is 12.1 Å². The molecule has 0 saturated heterocycles. The first-order valence-electron chi connectivity index (χ1n) is 3.72. The van der Waals surface area contributed by atoms with Gasteiger partial charge in [0.25, 0.3) is 0 Å². The molecule has 0 aromatic heterocycles. The summed E-state index contributed by atoms with van der Waals surface area (Å²) >= 11 is 5.05. The molecule has 0 rings (SSSR count). The minimum Gasteiger partial charge on any atom is -0.279 e. The summed E-state index contributed by atoms with van der Waals surface area (Å²) in [6.07, 6.45) is 0. The summed E-state index contributed by atoms with van der Waals surface area (Å²) in [5.74, 6) is 0. The Hall–Kier alpha value is 0.530. The largest absolute Gasteiger partial charge is 0.279 e. The molecule has 0 aliphatic carbocycles. The Morgan fingerprint density at radius 3 is 1.36 bits per heavy atom. The fourth-order valence-corrected chi connectivity index (χ4v) is 3.89. The second-order valence-electron chi connectivity index (χ2n) is 3.24. The molecule has 0 heterocycles. The molecule has 4 N–H and O–H groups in total. The van der Waals surface area contributed by atoms with Crippen LogP contribution >= 0.6 is 6.49 Å². The van der Waals surface area contributed by atoms with Crippen LogP contribution in [-0.4, -0.2) is 16.8 Å². The van der Waals surface area contributed by atoms with Crippen LogP contribution in [0.5, 0.6) is 0 Å². The van der Waals surface area contributed by atoms with E-state index in [2.05, 4.69) is 27.7 Å². The van der Waals surface area contributed by atoms with E-state index >= 15 is 0 Å². The Labute approximate surface area is 74.3 Å². The van der Waals surface area contributed by atoms with E-state index in [0.717, 1.165) is 0 Å². The van der Waals surface area contributed by atoms with Crippen molar-refractivity contribution in [3.8, 4) is 0 Å². The fourth-order valence-electron chi connectivity index (χ4n) is 1.32. The van der Waals surface area contributed by atoms with Gasteiger partial charge in [0, 0.05) is 12.1 Å². The molecular weight excluding hydrogens is 177 g/mol. The first-order chi connectivity index (χ1) is 4.76. The van der Waals surface area contributed by atoms with Crippen LogP contribution in [-0.2, 0) is 11.8 Å². The fraction of sp³-hybridized carbons (Fsp3) is 1.00. The van der Waals surface area contributed by atoms with Crippen LogP contribution in [0.4, 0.5) is 0 Å². The van der Waals surface area contributed by atoms with Crippen molar-refractivity contribution in [2.45, 2.75) is 39.8 Å². The first-order valence-corrected chi connectivity index (χ1v) is 6.62. The Bertz CT molecular complexity index is 155. The van der Waals surface area contributed by atoms with Crippen molar-refractivity contribution in [1.29, 1.82) is 0 Å². The third kappa shape index (κ3) is 3.63. The van der Waals surface area contributed by atoms with Gasteiger partial charge in [0.1, 0.15) is 6.49 Å². The molecule has 68 valence electrons. The average molecular weight is 195 g/mol. The van der Waals surface area contributed by atoms with E-state index in [9.17, 15) is 0 Å². The SMILES string of the molecule is CC(C)N(C(C)C)P(N)(N)=S. The highest BCUT2D eigenvalue weighted by Crippen LogP contribution is 2.36. The van der Waals surface area contributed by atoms with Gasteiger partial charge in [-0.3, -0.25) is 11.0 Å². The van der Waals surface area contributed by atoms with Gasteiger partial charge in [-0.1, -0.05) is 0 Å². The molecule has 0 aliphatic heterocycles. The summed E-state index contributed by atoms with van der Waals surface area (Å²) < 4.78 is 2.00. The predicted molar refractivity (Wildman–Crippen MR) is 54.8 cm³/mol. The Balaban J connectivity index is 4.49. The lowest BCUT2D eigenvalue weighted by Crippen LogP contribution is -2.39. The van der Waals surface area contributed by atoms with Crippen LogP contribution in [0.25, 0.3) is 0 Å². The number of nitrogens with two attached hydrogens (primary N) is 2. The van der Waals surface area contributed by atoms with Crippen molar-refractivity contribution in [2.75, 3.05) is 0 Å². The molecule has 11 heavy (non-hydrogen) atoms. The minimum absolute atomic E-state index is 0.329. The van der Waals surface area contributed by atoms with Gasteiger partial charge in [-0.25, -0.2) is 4.67 Å². The lowest BCUT2D eigenvalue weighted by atomic mass is 10.3. The molecule has 3 nitrogen and oxygen atoms in total. The molecule has 0 bridgehead atoms. The van der Waals surface area contributed by atoms with Gasteiger partial charge >= 0.3 is 0 Å². The van der Waals surface area contributed by atoms with Crippen LogP contribution < -0.4 is 11.0 Å². The third-order valence-electron chi connectivity index (χ3n) is 1.42. The van der Waals surface area contributed by atoms with E-state index in [1.807, 2.05) is 4.67 Å². The van der Waals surface area contributed by atoms with Crippen molar-refractivity contribution in [3.63, 3.8) is 0 Å². The number of rotatable bonds is 3. The van der Waals surface area contributed by atoms with E-state index in [4.69, 9.17) is 22.8 Å². The maximum atomic E-state index is 5.71. The third-order valence-corrected chi connectivity index (χ3v) is 3.63. The number of hydrogen-bond donors (Lipinski definition) is 2. The van der Waals surface area contributed by atoms with E-state index in [1.54, 1.807) is 0 Å². The molecule has 0 fully saturated rings. The van der Waals surface area contributed by atoms with Gasteiger partial charge < -0.3 is 0 Å². The Morgan fingerprint density at radius 2 is 1.36 bits per heavy atom. The zero-order chi connectivity index (χ0) is 9.23. The average Bonchev–Trinajstić information content (AvgIpc) is 1.54. The lowest BCUT2D eigenvalue weighted by Gasteiger charge is -2.35. The number of hydrogen-bond acceptors (Lipinski definition) is 1. The van der Waals surface area contributed by atoms with Crippen LogP contribution in [0.2, 0.25) is 0 Å². The maximum Gasteiger partial charge on any atom is 0.135 e. The minimum atomic E-state index is -2.22. The molecule has 0 aliphatic rings. The quantitative estimate of drug-likeness (QED) is 0.665. The van der Waals surface area contributed by atoms with E-state index < -0.39 is 6.49 Å². The van der Waals surface area contributed by atoms with Crippen molar-refractivity contribution in [3.05, 3.63) is 0 Å². The molecule has 0 saturated carbocycles. The molecule has 5 heteroatoms. The van der Waals surface area contributed by atoms with Gasteiger partial charge in [0.2, 0.25) is 0 Å². The molecule has 0 amide bonds. The van der Waals surface area contributed by atoms with Crippen molar-refractivity contribution in [2.24, 2.45) is 11.0 Å². The summed E-state index contributed by atoms with van der Waals surface area (Å²) in [7, 11) is 0. The number of nitrogens with zero attached hydrogens (tertiary/aromatic N) is 1. The highest BCUT2D eigenvalue weighted by molar-refractivity contribution is 8.11. The predicted octanol–water partition coefficient (Wildman–Crippen LogP) is 1.25. The first kappa shape index (κ1) is 11.5. The molecule has 0 aromatic carbocycles. The summed E-state index contributed by atoms with van der Waals surface area (Å²) in [5.41, 5.74) is 11.4. The summed E-state index contributed by atoms with van der Waals surface area (Å²) in [6.45, 7) is 6.00. The van der Waals surface area contributed by atoms with Gasteiger partial charge in [-0.05, 0) is 39.5 Å². The molecular formula is C6H18N3PS. The Morgan fingerprint density at radius 1 is 1.09 bits per heavy atom. The topological polar surface area (TPSA) is 55.3 Å². The summed E-state index contributed by atoms with van der Waals surface area (Å²) in [6, 6.07) is 0.659.